The molecule has 2 aromatic heterocycles. The van der Waals surface area contributed by atoms with E-state index in [0.29, 0.717) is 5.69 Å². The van der Waals surface area contributed by atoms with Crippen LogP contribution in [0, 0.1) is 6.92 Å². The van der Waals surface area contributed by atoms with Crippen molar-refractivity contribution in [2.45, 2.75) is 13.5 Å². The van der Waals surface area contributed by atoms with Crippen molar-refractivity contribution < 1.29 is 0 Å². The number of hydrogen-bond acceptors (Lipinski definition) is 3. The molecule has 2 N–H and O–H groups in total. The summed E-state index contributed by atoms with van der Waals surface area (Å²) < 4.78 is 2.95. The first-order chi connectivity index (χ1) is 9.61. The zero-order valence-electron chi connectivity index (χ0n) is 11.0. The molecule has 0 aliphatic rings. The molecule has 3 rings (SSSR count). The lowest BCUT2D eigenvalue weighted by molar-refractivity contribution is 0.690. The molecule has 0 bridgehead atoms. The van der Waals surface area contributed by atoms with E-state index in [9.17, 15) is 0 Å². The summed E-state index contributed by atoms with van der Waals surface area (Å²) in [5.41, 5.74) is 10.1. The first-order valence-corrected chi connectivity index (χ1v) is 7.92. The van der Waals surface area contributed by atoms with Gasteiger partial charge in [0.25, 0.3) is 0 Å². The van der Waals surface area contributed by atoms with Crippen LogP contribution in [0.5, 0.6) is 0 Å². The van der Waals surface area contributed by atoms with Crippen LogP contribution < -0.4 is 5.73 Å². The Balaban J connectivity index is 1.87. The third-order valence-electron chi connectivity index (χ3n) is 3.06. The predicted molar refractivity (Wildman–Crippen MR) is 87.9 cm³/mol. The van der Waals surface area contributed by atoms with Gasteiger partial charge in [-0.25, -0.2) is 0 Å². The predicted octanol–water partition coefficient (Wildman–Crippen LogP) is 4.31. The number of nitrogen functional groups attached to an aromatic ring is 1. The normalized spacial score (nSPS) is 10.9. The molecule has 0 aliphatic heterocycles. The second kappa shape index (κ2) is 5.42. The Morgan fingerprint density at radius 1 is 1.30 bits per heavy atom. The van der Waals surface area contributed by atoms with E-state index in [1.165, 1.54) is 11.1 Å². The molecule has 0 unspecified atom stereocenters. The number of hydrogen-bond donors (Lipinski definition) is 1. The summed E-state index contributed by atoms with van der Waals surface area (Å²) in [4.78, 5) is 1.08. The highest BCUT2D eigenvalue weighted by Gasteiger charge is 2.11. The van der Waals surface area contributed by atoms with Gasteiger partial charge in [-0.1, -0.05) is 29.8 Å². The van der Waals surface area contributed by atoms with Gasteiger partial charge in [-0.15, -0.1) is 11.3 Å². The van der Waals surface area contributed by atoms with E-state index in [0.717, 1.165) is 21.6 Å². The molecule has 102 valence electrons. The van der Waals surface area contributed by atoms with Crippen LogP contribution in [-0.4, -0.2) is 9.78 Å². The van der Waals surface area contributed by atoms with Crippen molar-refractivity contribution in [3.8, 4) is 10.6 Å². The molecule has 0 radical (unpaired) electrons. The first-order valence-electron chi connectivity index (χ1n) is 6.25. The molecule has 1 aromatic carbocycles. The minimum Gasteiger partial charge on any atom is -0.396 e. The Bertz CT molecular complexity index is 728. The number of anilines is 1. The standard InChI is InChI=1S/C15H14BrN3S/c1-10-2-4-11(5-3-10)7-19-8-13(17)15(18-19)14-6-12(16)9-20-14/h2-6,8-9H,7,17H2,1H3. The fraction of sp³-hybridized carbons (Fsp3) is 0.133. The number of nitrogens with zero attached hydrogens (tertiary/aromatic N) is 2. The van der Waals surface area contributed by atoms with Crippen molar-refractivity contribution in [1.29, 1.82) is 0 Å². The minimum absolute atomic E-state index is 0.714. The number of nitrogens with two attached hydrogens (primary N) is 1. The van der Waals surface area contributed by atoms with Gasteiger partial charge in [0, 0.05) is 16.0 Å². The van der Waals surface area contributed by atoms with E-state index in [4.69, 9.17) is 5.73 Å². The SMILES string of the molecule is Cc1ccc(Cn2cc(N)c(-c3cc(Br)cs3)n2)cc1. The molecule has 0 atom stereocenters. The molecule has 0 amide bonds. The summed E-state index contributed by atoms with van der Waals surface area (Å²) in [5, 5.41) is 6.63. The van der Waals surface area contributed by atoms with Crippen LogP contribution in [0.1, 0.15) is 11.1 Å². The van der Waals surface area contributed by atoms with Crippen LogP contribution in [-0.2, 0) is 6.54 Å². The van der Waals surface area contributed by atoms with Crippen molar-refractivity contribution in [2.24, 2.45) is 0 Å². The first kappa shape index (κ1) is 13.4. The lowest BCUT2D eigenvalue weighted by Gasteiger charge is -2.02. The second-order valence-electron chi connectivity index (χ2n) is 4.75. The van der Waals surface area contributed by atoms with Gasteiger partial charge < -0.3 is 5.73 Å². The molecule has 0 saturated carbocycles. The van der Waals surface area contributed by atoms with Gasteiger partial charge in [-0.05, 0) is 34.5 Å². The molecular formula is C15H14BrN3S. The van der Waals surface area contributed by atoms with Gasteiger partial charge in [0.05, 0.1) is 17.1 Å². The second-order valence-corrected chi connectivity index (χ2v) is 6.57. The minimum atomic E-state index is 0.714. The topological polar surface area (TPSA) is 43.8 Å². The number of thiophene rings is 1. The van der Waals surface area contributed by atoms with Crippen LogP contribution in [0.15, 0.2) is 46.4 Å². The van der Waals surface area contributed by atoms with Gasteiger partial charge in [0.2, 0.25) is 0 Å². The molecule has 0 aliphatic carbocycles. The van der Waals surface area contributed by atoms with E-state index in [1.807, 2.05) is 22.3 Å². The third-order valence-corrected chi connectivity index (χ3v) is 4.75. The number of aryl methyl sites for hydroxylation is 1. The zero-order chi connectivity index (χ0) is 14.1. The lowest BCUT2D eigenvalue weighted by atomic mass is 10.1. The third kappa shape index (κ3) is 2.78. The molecule has 2 heterocycles. The average molecular weight is 348 g/mol. The summed E-state index contributed by atoms with van der Waals surface area (Å²) >= 11 is 5.09. The van der Waals surface area contributed by atoms with Crippen LogP contribution in [0.25, 0.3) is 10.6 Å². The van der Waals surface area contributed by atoms with Crippen molar-refractivity contribution in [1.82, 2.24) is 9.78 Å². The molecule has 20 heavy (non-hydrogen) atoms. The Morgan fingerprint density at radius 2 is 2.05 bits per heavy atom. The van der Waals surface area contributed by atoms with E-state index >= 15 is 0 Å². The van der Waals surface area contributed by atoms with Crippen LogP contribution in [0.4, 0.5) is 5.69 Å². The average Bonchev–Trinajstić information content (AvgIpc) is 2.98. The Kier molecular flexibility index (Phi) is 3.63. The number of rotatable bonds is 3. The monoisotopic (exact) mass is 347 g/mol. The Morgan fingerprint density at radius 3 is 2.70 bits per heavy atom. The molecule has 0 fully saturated rings. The summed E-state index contributed by atoms with van der Waals surface area (Å²) in [6.45, 7) is 2.82. The maximum Gasteiger partial charge on any atom is 0.125 e. The van der Waals surface area contributed by atoms with E-state index in [2.05, 4.69) is 52.2 Å². The fourth-order valence-corrected chi connectivity index (χ4v) is 3.46. The van der Waals surface area contributed by atoms with Crippen molar-refractivity contribution in [3.63, 3.8) is 0 Å². The smallest absolute Gasteiger partial charge is 0.125 e. The largest absolute Gasteiger partial charge is 0.396 e. The molecule has 5 heteroatoms. The van der Waals surface area contributed by atoms with Gasteiger partial charge in [0.1, 0.15) is 5.69 Å². The highest BCUT2D eigenvalue weighted by Crippen LogP contribution is 2.32. The van der Waals surface area contributed by atoms with Crippen molar-refractivity contribution in [2.75, 3.05) is 5.73 Å². The van der Waals surface area contributed by atoms with E-state index in [-0.39, 0.29) is 0 Å². The van der Waals surface area contributed by atoms with Gasteiger partial charge in [0.15, 0.2) is 0 Å². The van der Waals surface area contributed by atoms with Crippen molar-refractivity contribution in [3.05, 3.63) is 57.5 Å². The van der Waals surface area contributed by atoms with E-state index in [1.54, 1.807) is 11.3 Å². The van der Waals surface area contributed by atoms with Crippen molar-refractivity contribution >= 4 is 33.0 Å². The quantitative estimate of drug-likeness (QED) is 0.766. The lowest BCUT2D eigenvalue weighted by Crippen LogP contribution is -2.00. The fourth-order valence-electron chi connectivity index (χ4n) is 2.03. The number of halogens is 1. The maximum absolute atomic E-state index is 6.07. The summed E-state index contributed by atoms with van der Waals surface area (Å²) in [5.74, 6) is 0. The van der Waals surface area contributed by atoms with Gasteiger partial charge >= 0.3 is 0 Å². The molecule has 0 spiro atoms. The summed E-state index contributed by atoms with van der Waals surface area (Å²) in [7, 11) is 0. The van der Waals surface area contributed by atoms with Crippen LogP contribution >= 0.6 is 27.3 Å². The van der Waals surface area contributed by atoms with E-state index < -0.39 is 0 Å². The van der Waals surface area contributed by atoms with Gasteiger partial charge in [-0.3, -0.25) is 4.68 Å². The molecule has 0 saturated heterocycles. The number of benzene rings is 1. The molecular weight excluding hydrogens is 334 g/mol. The number of aromatic nitrogens is 2. The molecule has 3 aromatic rings. The summed E-state index contributed by atoms with van der Waals surface area (Å²) in [6.07, 6.45) is 1.89. The summed E-state index contributed by atoms with van der Waals surface area (Å²) in [6, 6.07) is 10.5. The van der Waals surface area contributed by atoms with Crippen LogP contribution in [0.3, 0.4) is 0 Å². The zero-order valence-corrected chi connectivity index (χ0v) is 13.4. The van der Waals surface area contributed by atoms with Gasteiger partial charge in [-0.2, -0.15) is 5.10 Å². The highest BCUT2D eigenvalue weighted by molar-refractivity contribution is 9.10. The molecule has 3 nitrogen and oxygen atoms in total. The Hall–Kier alpha value is -1.59. The highest BCUT2D eigenvalue weighted by atomic mass is 79.9. The maximum atomic E-state index is 6.07. The Labute approximate surface area is 130 Å². The van der Waals surface area contributed by atoms with Crippen LogP contribution in [0.2, 0.25) is 0 Å².